The minimum absolute atomic E-state index is 0.0595. The second kappa shape index (κ2) is 8.54. The molecule has 2 aromatic rings. The van der Waals surface area contributed by atoms with Crippen LogP contribution < -0.4 is 10.2 Å². The summed E-state index contributed by atoms with van der Waals surface area (Å²) in [6.07, 6.45) is 5.91. The Bertz CT molecular complexity index is 781. The number of hydrogen-bond acceptors (Lipinski definition) is 4. The van der Waals surface area contributed by atoms with Crippen molar-refractivity contribution in [3.63, 3.8) is 0 Å². The van der Waals surface area contributed by atoms with Crippen molar-refractivity contribution >= 4 is 11.8 Å². The van der Waals surface area contributed by atoms with E-state index in [1.54, 1.807) is 12.1 Å². The van der Waals surface area contributed by atoms with Crippen LogP contribution in [0.4, 0.5) is 15.0 Å². The third-order valence-electron chi connectivity index (χ3n) is 5.61. The summed E-state index contributed by atoms with van der Waals surface area (Å²) in [6.45, 7) is 2.84. The average molecular weight is 383 g/mol. The van der Waals surface area contributed by atoms with Gasteiger partial charge in [-0.3, -0.25) is 0 Å². The van der Waals surface area contributed by atoms with Gasteiger partial charge in [0.25, 0.3) is 0 Å². The Hall–Kier alpha value is -2.70. The van der Waals surface area contributed by atoms with E-state index in [1.165, 1.54) is 31.4 Å². The molecule has 2 fully saturated rings. The number of anilines is 1. The minimum atomic E-state index is -0.265. The fourth-order valence-corrected chi connectivity index (χ4v) is 3.92. The fourth-order valence-electron chi connectivity index (χ4n) is 3.92. The number of nitrogens with one attached hydrogen (secondary N) is 1. The number of nitrogens with zero attached hydrogens (tertiary/aromatic N) is 4. The molecule has 1 aromatic carbocycles. The zero-order valence-corrected chi connectivity index (χ0v) is 16.0. The summed E-state index contributed by atoms with van der Waals surface area (Å²) in [5.41, 5.74) is 1.55. The SMILES string of the molecule is O=C(NC1CCCCC1)N1CCN(c2ccc(-c3ccc(F)cc3)nn2)CC1. The first-order chi connectivity index (χ1) is 13.7. The number of urea groups is 1. The highest BCUT2D eigenvalue weighted by molar-refractivity contribution is 5.75. The van der Waals surface area contributed by atoms with Gasteiger partial charge in [0, 0.05) is 37.8 Å². The van der Waals surface area contributed by atoms with Crippen molar-refractivity contribution in [3.8, 4) is 11.3 Å². The van der Waals surface area contributed by atoms with E-state index in [0.29, 0.717) is 24.8 Å². The number of carbonyl (C=O) groups excluding carboxylic acids is 1. The van der Waals surface area contributed by atoms with E-state index in [1.807, 2.05) is 17.0 Å². The van der Waals surface area contributed by atoms with Crippen molar-refractivity contribution in [2.24, 2.45) is 0 Å². The van der Waals surface area contributed by atoms with Gasteiger partial charge in [-0.1, -0.05) is 19.3 Å². The lowest BCUT2D eigenvalue weighted by molar-refractivity contribution is 0.186. The van der Waals surface area contributed by atoms with Gasteiger partial charge in [-0.15, -0.1) is 10.2 Å². The fraction of sp³-hybridized carbons (Fsp3) is 0.476. The Balaban J connectivity index is 1.30. The van der Waals surface area contributed by atoms with Gasteiger partial charge in [0.05, 0.1) is 5.69 Å². The van der Waals surface area contributed by atoms with Crippen molar-refractivity contribution in [2.75, 3.05) is 31.1 Å². The lowest BCUT2D eigenvalue weighted by Crippen LogP contribution is -2.53. The van der Waals surface area contributed by atoms with Gasteiger partial charge in [-0.05, 0) is 49.2 Å². The molecule has 28 heavy (non-hydrogen) atoms. The first-order valence-electron chi connectivity index (χ1n) is 10.1. The van der Waals surface area contributed by atoms with E-state index in [-0.39, 0.29) is 11.8 Å². The number of benzene rings is 1. The summed E-state index contributed by atoms with van der Waals surface area (Å²) in [6, 6.07) is 10.5. The molecule has 1 saturated carbocycles. The third kappa shape index (κ3) is 4.40. The van der Waals surface area contributed by atoms with E-state index in [9.17, 15) is 9.18 Å². The van der Waals surface area contributed by atoms with Crippen molar-refractivity contribution in [1.82, 2.24) is 20.4 Å². The number of carbonyl (C=O) groups is 1. The van der Waals surface area contributed by atoms with Crippen LogP contribution in [0.25, 0.3) is 11.3 Å². The molecule has 1 aliphatic heterocycles. The molecule has 0 unspecified atom stereocenters. The van der Waals surface area contributed by atoms with Crippen LogP contribution in [0.1, 0.15) is 32.1 Å². The first kappa shape index (κ1) is 18.7. The van der Waals surface area contributed by atoms with E-state index in [4.69, 9.17) is 0 Å². The average Bonchev–Trinajstić information content (AvgIpc) is 2.75. The summed E-state index contributed by atoms with van der Waals surface area (Å²) in [5.74, 6) is 0.539. The van der Waals surface area contributed by atoms with Crippen molar-refractivity contribution in [3.05, 3.63) is 42.2 Å². The molecule has 0 atom stereocenters. The Kier molecular flexibility index (Phi) is 5.69. The van der Waals surface area contributed by atoms with Gasteiger partial charge in [-0.25, -0.2) is 9.18 Å². The van der Waals surface area contributed by atoms with Crippen LogP contribution in [-0.2, 0) is 0 Å². The van der Waals surface area contributed by atoms with E-state index in [0.717, 1.165) is 37.3 Å². The van der Waals surface area contributed by atoms with Gasteiger partial charge < -0.3 is 15.1 Å². The number of piperazine rings is 1. The van der Waals surface area contributed by atoms with Crippen LogP contribution in [0.5, 0.6) is 0 Å². The Morgan fingerprint density at radius 3 is 2.29 bits per heavy atom. The summed E-state index contributed by atoms with van der Waals surface area (Å²) < 4.78 is 13.1. The first-order valence-corrected chi connectivity index (χ1v) is 10.1. The van der Waals surface area contributed by atoms with Crippen LogP contribution in [0.2, 0.25) is 0 Å². The molecule has 0 bridgehead atoms. The minimum Gasteiger partial charge on any atom is -0.352 e. The van der Waals surface area contributed by atoms with E-state index < -0.39 is 0 Å². The zero-order chi connectivity index (χ0) is 19.3. The number of aromatic nitrogens is 2. The number of amides is 2. The van der Waals surface area contributed by atoms with Crippen LogP contribution in [-0.4, -0.2) is 53.3 Å². The van der Waals surface area contributed by atoms with Crippen LogP contribution >= 0.6 is 0 Å². The summed E-state index contributed by atoms with van der Waals surface area (Å²) in [7, 11) is 0. The Labute approximate surface area is 164 Å². The highest BCUT2D eigenvalue weighted by Gasteiger charge is 2.24. The summed E-state index contributed by atoms with van der Waals surface area (Å²) in [5, 5.41) is 11.8. The van der Waals surface area contributed by atoms with E-state index >= 15 is 0 Å². The zero-order valence-electron chi connectivity index (χ0n) is 16.0. The topological polar surface area (TPSA) is 61.4 Å². The standard InChI is InChI=1S/C21H26FN5O/c22-17-8-6-16(7-9-17)19-10-11-20(25-24-19)26-12-14-27(15-13-26)21(28)23-18-4-2-1-3-5-18/h6-11,18H,1-5,12-15H2,(H,23,28). The molecule has 1 aromatic heterocycles. The second-order valence-electron chi connectivity index (χ2n) is 7.54. The van der Waals surface area contributed by atoms with Crippen LogP contribution in [0, 0.1) is 5.82 Å². The van der Waals surface area contributed by atoms with Gasteiger partial charge in [0.2, 0.25) is 0 Å². The maximum absolute atomic E-state index is 13.1. The van der Waals surface area contributed by atoms with Crippen molar-refractivity contribution < 1.29 is 9.18 Å². The normalized spacial score (nSPS) is 18.2. The van der Waals surface area contributed by atoms with E-state index in [2.05, 4.69) is 20.4 Å². The largest absolute Gasteiger partial charge is 0.352 e. The molecular weight excluding hydrogens is 357 g/mol. The van der Waals surface area contributed by atoms with Crippen molar-refractivity contribution in [1.29, 1.82) is 0 Å². The molecule has 148 valence electrons. The lowest BCUT2D eigenvalue weighted by Gasteiger charge is -2.36. The molecule has 6 nitrogen and oxygen atoms in total. The molecular formula is C21H26FN5O. The smallest absolute Gasteiger partial charge is 0.317 e. The van der Waals surface area contributed by atoms with Crippen LogP contribution in [0.15, 0.2) is 36.4 Å². The number of hydrogen-bond donors (Lipinski definition) is 1. The monoisotopic (exact) mass is 383 g/mol. The van der Waals surface area contributed by atoms with Gasteiger partial charge in [0.1, 0.15) is 5.82 Å². The molecule has 2 heterocycles. The third-order valence-corrected chi connectivity index (χ3v) is 5.61. The lowest BCUT2D eigenvalue weighted by atomic mass is 9.96. The quantitative estimate of drug-likeness (QED) is 0.882. The van der Waals surface area contributed by atoms with Gasteiger partial charge in [-0.2, -0.15) is 0 Å². The molecule has 2 amide bonds. The van der Waals surface area contributed by atoms with Gasteiger partial charge >= 0.3 is 6.03 Å². The highest BCUT2D eigenvalue weighted by Crippen LogP contribution is 2.20. The molecule has 7 heteroatoms. The second-order valence-corrected chi connectivity index (χ2v) is 7.54. The summed E-state index contributed by atoms with van der Waals surface area (Å²) in [4.78, 5) is 16.5. The predicted molar refractivity (Wildman–Crippen MR) is 107 cm³/mol. The van der Waals surface area contributed by atoms with Gasteiger partial charge in [0.15, 0.2) is 5.82 Å². The molecule has 2 aliphatic rings. The van der Waals surface area contributed by atoms with Crippen molar-refractivity contribution in [2.45, 2.75) is 38.1 Å². The number of rotatable bonds is 3. The molecule has 1 saturated heterocycles. The Morgan fingerprint density at radius 1 is 0.929 bits per heavy atom. The molecule has 1 N–H and O–H groups in total. The molecule has 0 radical (unpaired) electrons. The Morgan fingerprint density at radius 2 is 1.64 bits per heavy atom. The maximum atomic E-state index is 13.1. The summed E-state index contributed by atoms with van der Waals surface area (Å²) >= 11 is 0. The molecule has 4 rings (SSSR count). The molecule has 0 spiro atoms. The highest BCUT2D eigenvalue weighted by atomic mass is 19.1. The predicted octanol–water partition coefficient (Wildman–Crippen LogP) is 3.45. The number of halogens is 1. The van der Waals surface area contributed by atoms with Crippen LogP contribution in [0.3, 0.4) is 0 Å². The maximum Gasteiger partial charge on any atom is 0.317 e. The molecule has 1 aliphatic carbocycles.